The van der Waals surface area contributed by atoms with E-state index < -0.39 is 9.84 Å². The van der Waals surface area contributed by atoms with Gasteiger partial charge in [0.05, 0.1) is 18.4 Å². The zero-order valence-electron chi connectivity index (χ0n) is 13.4. The molecule has 1 heterocycles. The summed E-state index contributed by atoms with van der Waals surface area (Å²) < 4.78 is 28.4. The van der Waals surface area contributed by atoms with Gasteiger partial charge in [-0.2, -0.15) is 0 Å². The summed E-state index contributed by atoms with van der Waals surface area (Å²) in [4.78, 5) is 12.5. The van der Waals surface area contributed by atoms with E-state index in [0.29, 0.717) is 24.2 Å². The number of rotatable bonds is 4. The summed E-state index contributed by atoms with van der Waals surface area (Å²) in [5.74, 6) is 0.501. The molecular formula is C18H19NO4S. The predicted octanol–water partition coefficient (Wildman–Crippen LogP) is 2.48. The summed E-state index contributed by atoms with van der Waals surface area (Å²) in [6, 6.07) is 14.3. The molecule has 2 aromatic carbocycles. The smallest absolute Gasteiger partial charge is 0.251 e. The predicted molar refractivity (Wildman–Crippen MR) is 91.8 cm³/mol. The molecule has 0 saturated heterocycles. The van der Waals surface area contributed by atoms with Gasteiger partial charge >= 0.3 is 0 Å². The quantitative estimate of drug-likeness (QED) is 0.924. The molecule has 126 valence electrons. The molecule has 5 nitrogen and oxygen atoms in total. The first-order valence-corrected chi connectivity index (χ1v) is 9.78. The van der Waals surface area contributed by atoms with Crippen molar-refractivity contribution in [2.45, 2.75) is 18.2 Å². The van der Waals surface area contributed by atoms with Crippen molar-refractivity contribution in [3.05, 3.63) is 65.2 Å². The SMILES string of the molecule is CS(=O)(=O)Cc1cccc(C(=O)NC2CCOc3ccccc32)c1. The van der Waals surface area contributed by atoms with Crippen molar-refractivity contribution in [1.82, 2.24) is 5.32 Å². The largest absolute Gasteiger partial charge is 0.493 e. The lowest BCUT2D eigenvalue weighted by atomic mass is 10.00. The first-order valence-electron chi connectivity index (χ1n) is 7.72. The number of fused-ring (bicyclic) bond motifs is 1. The van der Waals surface area contributed by atoms with E-state index in [0.717, 1.165) is 11.3 Å². The highest BCUT2D eigenvalue weighted by atomic mass is 32.2. The Labute approximate surface area is 141 Å². The van der Waals surface area contributed by atoms with Crippen LogP contribution in [-0.4, -0.2) is 27.2 Å². The van der Waals surface area contributed by atoms with Gasteiger partial charge in [0.25, 0.3) is 5.91 Å². The van der Waals surface area contributed by atoms with E-state index in [2.05, 4.69) is 5.32 Å². The Hall–Kier alpha value is -2.34. The molecule has 0 spiro atoms. The first-order chi connectivity index (χ1) is 11.4. The third-order valence-corrected chi connectivity index (χ3v) is 4.74. The Morgan fingerprint density at radius 2 is 2.00 bits per heavy atom. The van der Waals surface area contributed by atoms with Gasteiger partial charge in [-0.05, 0) is 23.8 Å². The maximum Gasteiger partial charge on any atom is 0.251 e. The topological polar surface area (TPSA) is 72.5 Å². The molecule has 1 N–H and O–H groups in total. The van der Waals surface area contributed by atoms with Crippen LogP contribution in [0.2, 0.25) is 0 Å². The van der Waals surface area contributed by atoms with Crippen molar-refractivity contribution >= 4 is 15.7 Å². The molecule has 0 saturated carbocycles. The number of hydrogen-bond donors (Lipinski definition) is 1. The van der Waals surface area contributed by atoms with Gasteiger partial charge in [0.1, 0.15) is 5.75 Å². The Balaban J connectivity index is 1.78. The molecule has 24 heavy (non-hydrogen) atoms. The molecule has 1 amide bonds. The summed E-state index contributed by atoms with van der Waals surface area (Å²) in [5.41, 5.74) is 2.03. The second-order valence-corrected chi connectivity index (χ2v) is 8.11. The number of amides is 1. The average molecular weight is 345 g/mol. The monoisotopic (exact) mass is 345 g/mol. The second kappa shape index (κ2) is 6.65. The molecule has 0 radical (unpaired) electrons. The highest BCUT2D eigenvalue weighted by molar-refractivity contribution is 7.89. The minimum atomic E-state index is -3.14. The van der Waals surface area contributed by atoms with Crippen LogP contribution in [0.5, 0.6) is 5.75 Å². The summed E-state index contributed by atoms with van der Waals surface area (Å²) in [6.45, 7) is 0.552. The number of sulfone groups is 1. The normalized spacial score (nSPS) is 16.8. The fourth-order valence-electron chi connectivity index (χ4n) is 2.84. The number of hydrogen-bond acceptors (Lipinski definition) is 4. The van der Waals surface area contributed by atoms with Crippen molar-refractivity contribution in [2.24, 2.45) is 0 Å². The van der Waals surface area contributed by atoms with Gasteiger partial charge in [-0.1, -0.05) is 30.3 Å². The number of carbonyl (C=O) groups excluding carboxylic acids is 1. The summed E-state index contributed by atoms with van der Waals surface area (Å²) >= 11 is 0. The van der Waals surface area contributed by atoms with Gasteiger partial charge in [0.15, 0.2) is 9.84 Å². The third kappa shape index (κ3) is 3.94. The number of nitrogens with one attached hydrogen (secondary N) is 1. The van der Waals surface area contributed by atoms with E-state index in [-0.39, 0.29) is 17.7 Å². The first kappa shape index (κ1) is 16.5. The van der Waals surface area contributed by atoms with Crippen LogP contribution < -0.4 is 10.1 Å². The lowest BCUT2D eigenvalue weighted by molar-refractivity contribution is 0.0924. The maximum absolute atomic E-state index is 12.5. The van der Waals surface area contributed by atoms with E-state index in [1.807, 2.05) is 24.3 Å². The summed E-state index contributed by atoms with van der Waals surface area (Å²) in [6.07, 6.45) is 1.88. The number of para-hydroxylation sites is 1. The lowest BCUT2D eigenvalue weighted by Gasteiger charge is -2.26. The average Bonchev–Trinajstić information content (AvgIpc) is 2.54. The zero-order valence-corrected chi connectivity index (χ0v) is 14.2. The standard InChI is InChI=1S/C18H19NO4S/c1-24(21,22)12-13-5-4-6-14(11-13)18(20)19-16-9-10-23-17-8-3-2-7-15(16)17/h2-8,11,16H,9-10,12H2,1H3,(H,19,20). The minimum absolute atomic E-state index is 0.0752. The van der Waals surface area contributed by atoms with Crippen LogP contribution in [0.25, 0.3) is 0 Å². The Morgan fingerprint density at radius 3 is 2.79 bits per heavy atom. The van der Waals surface area contributed by atoms with Crippen molar-refractivity contribution in [1.29, 1.82) is 0 Å². The molecular weight excluding hydrogens is 326 g/mol. The van der Waals surface area contributed by atoms with Crippen LogP contribution in [0.4, 0.5) is 0 Å². The van der Waals surface area contributed by atoms with Crippen LogP contribution in [0.1, 0.15) is 33.9 Å². The van der Waals surface area contributed by atoms with Gasteiger partial charge in [-0.25, -0.2) is 8.42 Å². The molecule has 1 aliphatic rings. The van der Waals surface area contributed by atoms with Crippen LogP contribution in [0, 0.1) is 0 Å². The zero-order chi connectivity index (χ0) is 17.2. The van der Waals surface area contributed by atoms with Gasteiger partial charge in [0.2, 0.25) is 0 Å². The van der Waals surface area contributed by atoms with E-state index in [1.54, 1.807) is 24.3 Å². The molecule has 1 atom stereocenters. The highest BCUT2D eigenvalue weighted by Crippen LogP contribution is 2.31. The molecule has 1 unspecified atom stereocenters. The van der Waals surface area contributed by atoms with Gasteiger partial charge in [0, 0.05) is 23.8 Å². The Bertz CT molecular complexity index is 861. The second-order valence-electron chi connectivity index (χ2n) is 5.97. The molecule has 0 bridgehead atoms. The molecule has 0 aromatic heterocycles. The molecule has 1 aliphatic heterocycles. The number of benzene rings is 2. The van der Waals surface area contributed by atoms with Crippen molar-refractivity contribution in [2.75, 3.05) is 12.9 Å². The van der Waals surface area contributed by atoms with E-state index >= 15 is 0 Å². The fraction of sp³-hybridized carbons (Fsp3) is 0.278. The fourth-order valence-corrected chi connectivity index (χ4v) is 3.62. The highest BCUT2D eigenvalue weighted by Gasteiger charge is 2.23. The van der Waals surface area contributed by atoms with Gasteiger partial charge < -0.3 is 10.1 Å². The van der Waals surface area contributed by atoms with Gasteiger partial charge in [-0.15, -0.1) is 0 Å². The number of carbonyl (C=O) groups is 1. The van der Waals surface area contributed by atoms with Crippen molar-refractivity contribution in [3.63, 3.8) is 0 Å². The van der Waals surface area contributed by atoms with Crippen LogP contribution in [-0.2, 0) is 15.6 Å². The molecule has 3 rings (SSSR count). The maximum atomic E-state index is 12.5. The Morgan fingerprint density at radius 1 is 1.21 bits per heavy atom. The Kier molecular flexibility index (Phi) is 4.57. The lowest BCUT2D eigenvalue weighted by Crippen LogP contribution is -2.32. The molecule has 2 aromatic rings. The van der Waals surface area contributed by atoms with Crippen LogP contribution in [0.15, 0.2) is 48.5 Å². The van der Waals surface area contributed by atoms with Crippen molar-refractivity contribution < 1.29 is 17.9 Å². The van der Waals surface area contributed by atoms with Crippen molar-refractivity contribution in [3.8, 4) is 5.75 Å². The minimum Gasteiger partial charge on any atom is -0.493 e. The van der Waals surface area contributed by atoms with Crippen LogP contribution in [0.3, 0.4) is 0 Å². The van der Waals surface area contributed by atoms with E-state index in [9.17, 15) is 13.2 Å². The molecule has 0 aliphatic carbocycles. The van der Waals surface area contributed by atoms with E-state index in [1.165, 1.54) is 6.26 Å². The summed E-state index contributed by atoms with van der Waals surface area (Å²) in [5, 5.41) is 3.01. The van der Waals surface area contributed by atoms with E-state index in [4.69, 9.17) is 4.74 Å². The van der Waals surface area contributed by atoms with Crippen LogP contribution >= 0.6 is 0 Å². The van der Waals surface area contributed by atoms with Gasteiger partial charge in [-0.3, -0.25) is 4.79 Å². The molecule has 6 heteroatoms. The number of ether oxygens (including phenoxy) is 1. The summed E-state index contributed by atoms with van der Waals surface area (Å²) in [7, 11) is -3.14. The third-order valence-electron chi connectivity index (χ3n) is 3.88. The molecule has 0 fully saturated rings.